The highest BCUT2D eigenvalue weighted by molar-refractivity contribution is 5.41. The van der Waals surface area contributed by atoms with E-state index in [1.807, 2.05) is 19.1 Å². The summed E-state index contributed by atoms with van der Waals surface area (Å²) in [5.74, 6) is 0. The van der Waals surface area contributed by atoms with Crippen molar-refractivity contribution in [3.8, 4) is 12.1 Å². The van der Waals surface area contributed by atoms with Gasteiger partial charge in [0.2, 0.25) is 0 Å². The molecule has 97 valence electrons. The lowest BCUT2D eigenvalue weighted by Gasteiger charge is -2.13. The van der Waals surface area contributed by atoms with Crippen molar-refractivity contribution in [2.24, 2.45) is 0 Å². The Balaban J connectivity index is 1.95. The molecule has 0 amide bonds. The molecule has 2 rings (SSSR count). The lowest BCUT2D eigenvalue weighted by molar-refractivity contribution is 0.523. The molecule has 2 aromatic carbocycles. The van der Waals surface area contributed by atoms with Crippen LogP contribution in [-0.2, 0) is 0 Å². The first-order valence-electron chi connectivity index (χ1n) is 6.19. The maximum absolute atomic E-state index is 8.75. The number of benzene rings is 2. The number of hydrogen-bond donors (Lipinski definition) is 1. The van der Waals surface area contributed by atoms with Gasteiger partial charge in [-0.2, -0.15) is 10.5 Å². The minimum Gasteiger partial charge on any atom is -0.206 e. The summed E-state index contributed by atoms with van der Waals surface area (Å²) >= 11 is 0. The van der Waals surface area contributed by atoms with Gasteiger partial charge in [-0.3, -0.25) is 0 Å². The van der Waals surface area contributed by atoms with Crippen LogP contribution < -0.4 is 10.9 Å². The number of nitrogens with one attached hydrogen (secondary N) is 1. The summed E-state index contributed by atoms with van der Waals surface area (Å²) in [6.45, 7) is 1.99. The Morgan fingerprint density at radius 3 is 1.90 bits per heavy atom. The summed E-state index contributed by atoms with van der Waals surface area (Å²) in [6, 6.07) is 18.6. The molecule has 4 nitrogen and oxygen atoms in total. The van der Waals surface area contributed by atoms with E-state index in [4.69, 9.17) is 10.5 Å². The normalized spacial score (nSPS) is 11.2. The lowest BCUT2D eigenvalue weighted by atomic mass is 10.1. The van der Waals surface area contributed by atoms with E-state index in [1.54, 1.807) is 36.4 Å². The van der Waals surface area contributed by atoms with E-state index in [0.29, 0.717) is 11.1 Å². The molecule has 0 fully saturated rings. The Morgan fingerprint density at radius 1 is 0.900 bits per heavy atom. The molecule has 1 N–H and O–H groups in total. The van der Waals surface area contributed by atoms with Crippen LogP contribution >= 0.6 is 0 Å². The summed E-state index contributed by atoms with van der Waals surface area (Å²) in [4.78, 5) is 0. The van der Waals surface area contributed by atoms with Gasteiger partial charge < -0.3 is 0 Å². The average molecular weight is 261 g/mol. The average Bonchev–Trinajstić information content (AvgIpc) is 2.53. The van der Waals surface area contributed by atoms with E-state index < -0.39 is 0 Å². The maximum Gasteiger partial charge on any atom is 0.0991 e. The van der Waals surface area contributed by atoms with Crippen LogP contribution in [0.2, 0.25) is 0 Å². The third-order valence-corrected chi connectivity index (χ3v) is 2.92. The van der Waals surface area contributed by atoms with Crippen LogP contribution in [0, 0.1) is 22.7 Å². The summed E-state index contributed by atoms with van der Waals surface area (Å²) < 4.78 is 0. The van der Waals surface area contributed by atoms with Crippen molar-refractivity contribution in [2.75, 3.05) is 0 Å². The van der Waals surface area contributed by atoms with Gasteiger partial charge in [0.25, 0.3) is 0 Å². The topological polar surface area (TPSA) is 73.7 Å². The molecule has 0 saturated carbocycles. The zero-order valence-electron chi connectivity index (χ0n) is 11.0. The van der Waals surface area contributed by atoms with Gasteiger partial charge in [0.1, 0.15) is 0 Å². The molecular weight excluding hydrogens is 248 g/mol. The first-order valence-corrected chi connectivity index (χ1v) is 6.19. The minimum atomic E-state index is 0.0402. The molecule has 4 heteroatoms. The van der Waals surface area contributed by atoms with Gasteiger partial charge >= 0.3 is 0 Å². The molecule has 0 saturated heterocycles. The highest BCUT2D eigenvalue weighted by atomic mass is 15.4. The first-order chi connectivity index (χ1) is 9.72. The minimum absolute atomic E-state index is 0.0402. The van der Waals surface area contributed by atoms with Gasteiger partial charge in [-0.05, 0) is 48.9 Å². The van der Waals surface area contributed by atoms with Crippen molar-refractivity contribution in [3.05, 3.63) is 65.2 Å². The highest BCUT2D eigenvalue weighted by Gasteiger charge is 2.05. The highest BCUT2D eigenvalue weighted by Crippen LogP contribution is 2.14. The fourth-order valence-electron chi connectivity index (χ4n) is 1.70. The van der Waals surface area contributed by atoms with Gasteiger partial charge in [-0.25, -0.2) is 10.9 Å². The lowest BCUT2D eigenvalue weighted by Crippen LogP contribution is -2.24. The van der Waals surface area contributed by atoms with Gasteiger partial charge in [0, 0.05) is 0 Å². The number of rotatable bonds is 4. The van der Waals surface area contributed by atoms with E-state index in [1.165, 1.54) is 0 Å². The Bertz CT molecular complexity index is 645. The molecule has 1 radical (unpaired) electrons. The van der Waals surface area contributed by atoms with Gasteiger partial charge in [-0.1, -0.05) is 12.1 Å². The smallest absolute Gasteiger partial charge is 0.0991 e. The van der Waals surface area contributed by atoms with Crippen LogP contribution in [0.4, 0.5) is 5.69 Å². The Kier molecular flexibility index (Phi) is 4.34. The van der Waals surface area contributed by atoms with Gasteiger partial charge in [0.05, 0.1) is 35.0 Å². The monoisotopic (exact) mass is 261 g/mol. The summed E-state index contributed by atoms with van der Waals surface area (Å²) in [6.07, 6.45) is 0. The van der Waals surface area contributed by atoms with Crippen molar-refractivity contribution in [3.63, 3.8) is 0 Å². The van der Waals surface area contributed by atoms with E-state index >= 15 is 0 Å². The first kappa shape index (κ1) is 13.6. The van der Waals surface area contributed by atoms with Gasteiger partial charge in [-0.15, -0.1) is 0 Å². The largest absolute Gasteiger partial charge is 0.206 e. The summed E-state index contributed by atoms with van der Waals surface area (Å²) in [5, 5.41) is 17.5. The standard InChI is InChI=1S/C16H13N4/c1-12(15-6-2-13(10-17)3-7-15)19-20-16-8-4-14(11-18)5-9-16/h2-9,12,19H,1H3. The van der Waals surface area contributed by atoms with Crippen molar-refractivity contribution in [1.82, 2.24) is 10.9 Å². The molecule has 0 aliphatic rings. The fraction of sp³-hybridized carbons (Fsp3) is 0.125. The predicted octanol–water partition coefficient (Wildman–Crippen LogP) is 2.93. The molecule has 1 atom stereocenters. The molecule has 2 aromatic rings. The van der Waals surface area contributed by atoms with E-state index in [-0.39, 0.29) is 6.04 Å². The molecule has 0 aromatic heterocycles. The second-order valence-electron chi connectivity index (χ2n) is 4.36. The summed E-state index contributed by atoms with van der Waals surface area (Å²) in [5.41, 5.74) is 10.4. The zero-order valence-corrected chi connectivity index (χ0v) is 11.0. The number of nitriles is 2. The van der Waals surface area contributed by atoms with Crippen LogP contribution in [-0.4, -0.2) is 0 Å². The second kappa shape index (κ2) is 6.38. The Hall–Kier alpha value is -2.82. The molecule has 20 heavy (non-hydrogen) atoms. The van der Waals surface area contributed by atoms with Crippen molar-refractivity contribution in [1.29, 1.82) is 10.5 Å². The van der Waals surface area contributed by atoms with Crippen LogP contribution in [0.5, 0.6) is 0 Å². The molecule has 0 aliphatic heterocycles. The van der Waals surface area contributed by atoms with E-state index in [9.17, 15) is 0 Å². The molecule has 1 unspecified atom stereocenters. The second-order valence-corrected chi connectivity index (χ2v) is 4.36. The quantitative estimate of drug-likeness (QED) is 0.860. The molecule has 0 bridgehead atoms. The molecule has 0 aliphatic carbocycles. The van der Waals surface area contributed by atoms with Crippen molar-refractivity contribution in [2.45, 2.75) is 13.0 Å². The van der Waals surface area contributed by atoms with Crippen LogP contribution in [0.1, 0.15) is 29.7 Å². The third kappa shape index (κ3) is 3.35. The maximum atomic E-state index is 8.75. The van der Waals surface area contributed by atoms with Crippen LogP contribution in [0.25, 0.3) is 0 Å². The molecule has 0 spiro atoms. The SMILES string of the molecule is CC(N[N]c1ccc(C#N)cc1)c1ccc(C#N)cc1. The Labute approximate surface area is 118 Å². The van der Waals surface area contributed by atoms with Crippen molar-refractivity contribution < 1.29 is 0 Å². The van der Waals surface area contributed by atoms with E-state index in [0.717, 1.165) is 11.3 Å². The number of hydrogen-bond acceptors (Lipinski definition) is 3. The molecule has 0 heterocycles. The van der Waals surface area contributed by atoms with Crippen molar-refractivity contribution >= 4 is 5.69 Å². The van der Waals surface area contributed by atoms with E-state index in [2.05, 4.69) is 23.0 Å². The fourth-order valence-corrected chi connectivity index (χ4v) is 1.70. The number of nitrogens with zero attached hydrogens (tertiary/aromatic N) is 3. The van der Waals surface area contributed by atoms with Crippen LogP contribution in [0.15, 0.2) is 48.5 Å². The Morgan fingerprint density at radius 2 is 1.40 bits per heavy atom. The summed E-state index contributed by atoms with van der Waals surface area (Å²) in [7, 11) is 0. The molecular formula is C16H13N4. The van der Waals surface area contributed by atoms with Gasteiger partial charge in [0.15, 0.2) is 0 Å². The zero-order chi connectivity index (χ0) is 14.4. The predicted molar refractivity (Wildman–Crippen MR) is 75.7 cm³/mol. The third-order valence-electron chi connectivity index (χ3n) is 2.92. The van der Waals surface area contributed by atoms with Crippen LogP contribution in [0.3, 0.4) is 0 Å².